The molecule has 1 aliphatic rings. The molecule has 4 rings (SSSR count). The number of nitrogens with zero attached hydrogens (tertiary/aromatic N) is 4. The van der Waals surface area contributed by atoms with Gasteiger partial charge in [-0.25, -0.2) is 14.8 Å². The van der Waals surface area contributed by atoms with Crippen molar-refractivity contribution >= 4 is 34.3 Å². The average molecular weight is 424 g/mol. The van der Waals surface area contributed by atoms with Crippen molar-refractivity contribution in [2.75, 3.05) is 19.6 Å². The maximum absolute atomic E-state index is 11.6. The van der Waals surface area contributed by atoms with E-state index in [9.17, 15) is 25.2 Å². The van der Waals surface area contributed by atoms with Crippen molar-refractivity contribution in [1.29, 1.82) is 0 Å². The summed E-state index contributed by atoms with van der Waals surface area (Å²) in [4.78, 5) is 27.1. The van der Waals surface area contributed by atoms with Gasteiger partial charge in [-0.3, -0.25) is 9.89 Å². The van der Waals surface area contributed by atoms with E-state index in [4.69, 9.17) is 0 Å². The fourth-order valence-electron chi connectivity index (χ4n) is 4.16. The molecule has 1 unspecified atom stereocenters. The molecule has 1 aromatic heterocycles. The fourth-order valence-corrected chi connectivity index (χ4v) is 4.16. The van der Waals surface area contributed by atoms with Crippen LogP contribution in [0.15, 0.2) is 17.1 Å². The minimum Gasteiger partial charge on any atom is -0.507 e. The van der Waals surface area contributed by atoms with Crippen LogP contribution in [-0.4, -0.2) is 73.2 Å². The lowest BCUT2D eigenvalue weighted by Crippen LogP contribution is -2.31. The lowest BCUT2D eigenvalue weighted by Gasteiger charge is -2.20. The van der Waals surface area contributed by atoms with Gasteiger partial charge in [0.1, 0.15) is 39.3 Å². The van der Waals surface area contributed by atoms with E-state index in [0.717, 1.165) is 25.9 Å². The molecular formula is C22H24N4O5. The van der Waals surface area contributed by atoms with E-state index in [1.165, 1.54) is 25.3 Å². The number of benzene rings is 2. The summed E-state index contributed by atoms with van der Waals surface area (Å²) in [5, 5.41) is 40.9. The van der Waals surface area contributed by atoms with Crippen LogP contribution in [-0.2, 0) is 0 Å². The van der Waals surface area contributed by atoms with Gasteiger partial charge in [-0.15, -0.1) is 0 Å². The zero-order chi connectivity index (χ0) is 22.3. The van der Waals surface area contributed by atoms with Crippen LogP contribution in [0.1, 0.15) is 41.3 Å². The number of phenolic OH excluding ortho intramolecular Hbond substituents is 3. The number of likely N-dealkylation sites (tertiary alicyclic amines) is 1. The Morgan fingerprint density at radius 3 is 2.61 bits per heavy atom. The predicted octanol–water partition coefficient (Wildman–Crippen LogP) is 2.81. The molecular weight excluding hydrogens is 400 g/mol. The molecule has 0 spiro atoms. The lowest BCUT2D eigenvalue weighted by molar-refractivity contribution is 0.0699. The van der Waals surface area contributed by atoms with Crippen molar-refractivity contribution in [3.05, 3.63) is 28.8 Å². The smallest absolute Gasteiger partial charge is 0.337 e. The number of likely N-dealkylation sites (N-methyl/N-ethyl adjacent to an activating group) is 1. The molecule has 1 atom stereocenters. The Labute approximate surface area is 178 Å². The number of carboxylic acids is 1. The standard InChI is InChI=1S/C22H24N4O5/c1-3-26-8-4-5-12(26)9-23-10-14-17-19(21(29)11(2)20(14)28)25-16-13(22(30)31)6-7-15(27)18(16)24-17/h6-7,10,12,27-29H,3-5,8-9H2,1-2H3,(H,30,31). The zero-order valence-corrected chi connectivity index (χ0v) is 17.3. The number of rotatable bonds is 5. The van der Waals surface area contributed by atoms with Crippen LogP contribution in [0.4, 0.5) is 0 Å². The number of hydrogen-bond donors (Lipinski definition) is 4. The van der Waals surface area contributed by atoms with Crippen molar-refractivity contribution in [2.45, 2.75) is 32.7 Å². The van der Waals surface area contributed by atoms with Gasteiger partial charge in [0.05, 0.1) is 17.7 Å². The maximum atomic E-state index is 11.6. The van der Waals surface area contributed by atoms with Gasteiger partial charge in [-0.05, 0) is 45.0 Å². The van der Waals surface area contributed by atoms with Gasteiger partial charge in [-0.1, -0.05) is 6.92 Å². The van der Waals surface area contributed by atoms with Crippen LogP contribution in [0.3, 0.4) is 0 Å². The third-order valence-corrected chi connectivity index (χ3v) is 5.92. The highest BCUT2D eigenvalue weighted by Crippen LogP contribution is 2.38. The zero-order valence-electron chi connectivity index (χ0n) is 17.3. The largest absolute Gasteiger partial charge is 0.507 e. The molecule has 0 radical (unpaired) electrons. The summed E-state index contributed by atoms with van der Waals surface area (Å²) >= 11 is 0. The quantitative estimate of drug-likeness (QED) is 0.362. The van der Waals surface area contributed by atoms with Gasteiger partial charge in [0.15, 0.2) is 0 Å². The molecule has 1 aliphatic heterocycles. The second kappa shape index (κ2) is 7.99. The van der Waals surface area contributed by atoms with Crippen LogP contribution in [0.5, 0.6) is 17.2 Å². The molecule has 3 aromatic rings. The highest BCUT2D eigenvalue weighted by molar-refractivity contribution is 6.08. The van der Waals surface area contributed by atoms with Crippen LogP contribution in [0.25, 0.3) is 22.1 Å². The highest BCUT2D eigenvalue weighted by atomic mass is 16.4. The summed E-state index contributed by atoms with van der Waals surface area (Å²) in [5.74, 6) is -1.96. The molecule has 0 amide bonds. The first-order chi connectivity index (χ1) is 14.8. The van der Waals surface area contributed by atoms with E-state index in [2.05, 4.69) is 26.8 Å². The van der Waals surface area contributed by atoms with Crippen molar-refractivity contribution in [2.24, 2.45) is 4.99 Å². The first-order valence-corrected chi connectivity index (χ1v) is 10.2. The summed E-state index contributed by atoms with van der Waals surface area (Å²) in [6.07, 6.45) is 3.70. The summed E-state index contributed by atoms with van der Waals surface area (Å²) in [7, 11) is 0. The number of aliphatic imine (C=N–C) groups is 1. The molecule has 0 aliphatic carbocycles. The van der Waals surface area contributed by atoms with Crippen molar-refractivity contribution in [1.82, 2.24) is 14.9 Å². The van der Waals surface area contributed by atoms with Gasteiger partial charge >= 0.3 is 5.97 Å². The number of phenols is 3. The van der Waals surface area contributed by atoms with E-state index >= 15 is 0 Å². The maximum Gasteiger partial charge on any atom is 0.337 e. The van der Waals surface area contributed by atoms with E-state index in [1.807, 2.05) is 0 Å². The number of aromatic hydroxyl groups is 3. The van der Waals surface area contributed by atoms with E-state index in [1.54, 1.807) is 0 Å². The third kappa shape index (κ3) is 3.50. The summed E-state index contributed by atoms with van der Waals surface area (Å²) in [5.41, 5.74) is 0.396. The monoisotopic (exact) mass is 424 g/mol. The molecule has 2 aromatic carbocycles. The Bertz CT molecular complexity index is 1220. The molecule has 162 valence electrons. The normalized spacial score (nSPS) is 17.3. The number of aromatic nitrogens is 2. The Morgan fingerprint density at radius 2 is 1.90 bits per heavy atom. The summed E-state index contributed by atoms with van der Waals surface area (Å²) < 4.78 is 0. The van der Waals surface area contributed by atoms with Crippen molar-refractivity contribution in [3.8, 4) is 17.2 Å². The Morgan fingerprint density at radius 1 is 1.16 bits per heavy atom. The number of fused-ring (bicyclic) bond motifs is 2. The molecule has 0 bridgehead atoms. The lowest BCUT2D eigenvalue weighted by atomic mass is 10.0. The second-order valence-corrected chi connectivity index (χ2v) is 7.71. The van der Waals surface area contributed by atoms with E-state index < -0.39 is 5.97 Å². The fraction of sp³-hybridized carbons (Fsp3) is 0.364. The minimum absolute atomic E-state index is 0.0299. The van der Waals surface area contributed by atoms with Gasteiger partial charge in [-0.2, -0.15) is 0 Å². The van der Waals surface area contributed by atoms with Gasteiger partial charge in [0.2, 0.25) is 0 Å². The Hall–Kier alpha value is -3.46. The third-order valence-electron chi connectivity index (χ3n) is 5.92. The highest BCUT2D eigenvalue weighted by Gasteiger charge is 2.24. The van der Waals surface area contributed by atoms with Crippen LogP contribution >= 0.6 is 0 Å². The van der Waals surface area contributed by atoms with Gasteiger partial charge in [0.25, 0.3) is 0 Å². The first-order valence-electron chi connectivity index (χ1n) is 10.2. The summed E-state index contributed by atoms with van der Waals surface area (Å²) in [6.45, 7) is 6.21. The SMILES string of the molecule is CCN1CCCC1CN=Cc1c(O)c(C)c(O)c2nc3c(C(=O)O)ccc(O)c3nc12. The Kier molecular flexibility index (Phi) is 5.36. The first kappa shape index (κ1) is 20.8. The number of aromatic carboxylic acids is 1. The molecule has 4 N–H and O–H groups in total. The molecule has 1 fully saturated rings. The predicted molar refractivity (Wildman–Crippen MR) is 116 cm³/mol. The van der Waals surface area contributed by atoms with Crippen molar-refractivity contribution in [3.63, 3.8) is 0 Å². The number of hydrogen-bond acceptors (Lipinski definition) is 8. The van der Waals surface area contributed by atoms with Gasteiger partial charge in [0, 0.05) is 17.8 Å². The molecule has 0 saturated carbocycles. The second-order valence-electron chi connectivity index (χ2n) is 7.71. The van der Waals surface area contributed by atoms with Crippen LogP contribution < -0.4 is 0 Å². The molecule has 9 heteroatoms. The number of carboxylic acid groups (broad SMARTS) is 1. The minimum atomic E-state index is -1.23. The Balaban J connectivity index is 1.88. The van der Waals surface area contributed by atoms with E-state index in [0.29, 0.717) is 12.6 Å². The molecule has 2 heterocycles. The molecule has 31 heavy (non-hydrogen) atoms. The van der Waals surface area contributed by atoms with Crippen molar-refractivity contribution < 1.29 is 25.2 Å². The van der Waals surface area contributed by atoms with Crippen LogP contribution in [0, 0.1) is 6.92 Å². The molecule has 9 nitrogen and oxygen atoms in total. The van der Waals surface area contributed by atoms with Gasteiger partial charge < -0.3 is 20.4 Å². The van der Waals surface area contributed by atoms with E-state index in [-0.39, 0.29) is 56.0 Å². The topological polar surface area (TPSA) is 139 Å². The number of carbonyl (C=O) groups is 1. The average Bonchev–Trinajstić information content (AvgIpc) is 3.21. The molecule has 1 saturated heterocycles. The summed E-state index contributed by atoms with van der Waals surface area (Å²) in [6, 6.07) is 2.80. The van der Waals surface area contributed by atoms with Crippen LogP contribution in [0.2, 0.25) is 0 Å².